The Hall–Kier alpha value is -0.660. The molecule has 0 fully saturated rings. The summed E-state index contributed by atoms with van der Waals surface area (Å²) in [5.74, 6) is 0.590. The van der Waals surface area contributed by atoms with Crippen molar-refractivity contribution in [1.82, 2.24) is 0 Å². The molecule has 2 aliphatic carbocycles. The quantitative estimate of drug-likeness (QED) is 0.330. The number of hydrogen-bond acceptors (Lipinski definition) is 0. The third-order valence-corrected chi connectivity index (χ3v) is 25.5. The second-order valence-electron chi connectivity index (χ2n) is 10.8. The Morgan fingerprint density at radius 3 is 1.91 bits per heavy atom. The van der Waals surface area contributed by atoms with Crippen molar-refractivity contribution in [2.24, 2.45) is 5.92 Å². The molecule has 172 valence electrons. The molecule has 0 heterocycles. The van der Waals surface area contributed by atoms with E-state index in [4.69, 9.17) is 0 Å². The van der Waals surface area contributed by atoms with Crippen LogP contribution in [0.4, 0.5) is 0 Å². The number of fused-ring (bicyclic) bond motifs is 1. The summed E-state index contributed by atoms with van der Waals surface area (Å²) in [4.78, 5) is 0. The van der Waals surface area contributed by atoms with Crippen LogP contribution in [0.2, 0.25) is 9.26 Å². The Bertz CT molecular complexity index is 1230. The van der Waals surface area contributed by atoms with Crippen molar-refractivity contribution in [2.45, 2.75) is 54.4 Å². The summed E-state index contributed by atoms with van der Waals surface area (Å²) in [7, 11) is 0. The summed E-state index contributed by atoms with van der Waals surface area (Å²) in [5, 5.41) is 0. The zero-order valence-electron chi connectivity index (χ0n) is 20.8. The first kappa shape index (κ1) is 27.6. The number of rotatable bonds is 3. The molecule has 4 rings (SSSR count). The summed E-state index contributed by atoms with van der Waals surface area (Å²) in [6.07, 6.45) is 2.66. The third kappa shape index (κ3) is 4.15. The average molecular weight is 565 g/mol. The van der Waals surface area contributed by atoms with E-state index in [0.717, 1.165) is 0 Å². The average Bonchev–Trinajstić information content (AvgIpc) is 3.15. The van der Waals surface area contributed by atoms with Gasteiger partial charge in [0.05, 0.1) is 0 Å². The van der Waals surface area contributed by atoms with Gasteiger partial charge in [-0.25, -0.2) is 0 Å². The van der Waals surface area contributed by atoms with Crippen molar-refractivity contribution in [3.63, 3.8) is 0 Å². The van der Waals surface area contributed by atoms with Crippen LogP contribution in [0.15, 0.2) is 68.5 Å². The SMILES string of the molecule is CC1=C(C)C(C)[C]([Zr]([CH3])([CH3])(=[SiH2])[CH]2C=C(c3ccccc3)c3cc(C)c(C)cc32)=C1C.Cl.Cl. The van der Waals surface area contributed by atoms with Crippen LogP contribution in [0.5, 0.6) is 0 Å². The molecule has 0 saturated carbocycles. The van der Waals surface area contributed by atoms with Gasteiger partial charge in [0, 0.05) is 0 Å². The van der Waals surface area contributed by atoms with Gasteiger partial charge in [-0.05, 0) is 0 Å². The van der Waals surface area contributed by atoms with E-state index in [0.29, 0.717) is 9.54 Å². The standard InChI is InChI=1S/C17H15.C9H13.2CH3.2ClH.H2Si.Zr/c1-12-10-15-8-9-16(17(15)11-13(12)2)14-6-4-3-5-7-14;1-6-5-7(2)9(4)8(6)3;;;;;;/h3-11H,1-2H3;6H,1-4H3;2*1H3;2*1H;1H2;. The maximum Gasteiger partial charge on any atom is -0.147 e. The Labute approximate surface area is 210 Å². The molecular formula is C28H38Cl2SiZr. The Morgan fingerprint density at radius 1 is 0.812 bits per heavy atom. The van der Waals surface area contributed by atoms with Crippen molar-refractivity contribution in [1.29, 1.82) is 0 Å². The Kier molecular flexibility index (Phi) is 7.91. The number of hydrogen-bond donors (Lipinski definition) is 0. The van der Waals surface area contributed by atoms with Crippen molar-refractivity contribution in [3.8, 4) is 0 Å². The fraction of sp³-hybridized carbons (Fsp3) is 0.357. The molecule has 0 aromatic heterocycles. The van der Waals surface area contributed by atoms with Crippen LogP contribution >= 0.6 is 24.8 Å². The predicted molar refractivity (Wildman–Crippen MR) is 147 cm³/mol. The molecule has 0 nitrogen and oxygen atoms in total. The van der Waals surface area contributed by atoms with Gasteiger partial charge in [0.2, 0.25) is 0 Å². The summed E-state index contributed by atoms with van der Waals surface area (Å²) < 4.78 is 7.79. The van der Waals surface area contributed by atoms with Gasteiger partial charge in [0.1, 0.15) is 0 Å². The molecule has 2 aromatic rings. The maximum absolute atomic E-state index is 3.34. The minimum Gasteiger partial charge on any atom is -0.147 e. The summed E-state index contributed by atoms with van der Waals surface area (Å²) in [5.41, 5.74) is 13.4. The van der Waals surface area contributed by atoms with Crippen molar-refractivity contribution >= 4 is 37.3 Å². The van der Waals surface area contributed by atoms with E-state index in [1.54, 1.807) is 22.3 Å². The molecule has 0 aliphatic heterocycles. The third-order valence-electron chi connectivity index (χ3n) is 8.23. The van der Waals surface area contributed by atoms with Crippen LogP contribution in [0.1, 0.15) is 59.1 Å². The molecule has 2 unspecified atom stereocenters. The zero-order chi connectivity index (χ0) is 22.0. The minimum absolute atomic E-state index is 0. The molecule has 0 bridgehead atoms. The van der Waals surface area contributed by atoms with Crippen LogP contribution in [0, 0.1) is 19.8 Å². The molecule has 32 heavy (non-hydrogen) atoms. The molecular weight excluding hydrogens is 527 g/mol. The number of aryl methyl sites for hydroxylation is 2. The van der Waals surface area contributed by atoms with Gasteiger partial charge in [-0.1, -0.05) is 0 Å². The molecule has 0 radical (unpaired) electrons. The number of benzene rings is 2. The Morgan fingerprint density at radius 2 is 1.38 bits per heavy atom. The fourth-order valence-electron chi connectivity index (χ4n) is 6.17. The van der Waals surface area contributed by atoms with E-state index in [1.165, 1.54) is 27.8 Å². The maximum atomic E-state index is 2.70. The molecule has 0 saturated heterocycles. The second kappa shape index (κ2) is 9.18. The van der Waals surface area contributed by atoms with Crippen LogP contribution in [-0.2, 0) is 17.4 Å². The van der Waals surface area contributed by atoms with Crippen molar-refractivity contribution < 1.29 is 17.4 Å². The van der Waals surface area contributed by atoms with Crippen molar-refractivity contribution in [3.05, 3.63) is 96.4 Å². The summed E-state index contributed by atoms with van der Waals surface area (Å²) in [6, 6.07) is 16.0. The largest absolute Gasteiger partial charge is 0.147 e. The molecule has 2 aromatic carbocycles. The van der Waals surface area contributed by atoms with Gasteiger partial charge in [-0.2, -0.15) is 0 Å². The smallest absolute Gasteiger partial charge is 0.147 e. The zero-order valence-corrected chi connectivity index (χ0v) is 26.3. The molecule has 4 heteroatoms. The van der Waals surface area contributed by atoms with Gasteiger partial charge in [0.15, 0.2) is 0 Å². The second-order valence-corrected chi connectivity index (χ2v) is 40.4. The summed E-state index contributed by atoms with van der Waals surface area (Å²) in [6.45, 7) is 16.5. The van der Waals surface area contributed by atoms with Crippen LogP contribution in [0.3, 0.4) is 0 Å². The topological polar surface area (TPSA) is 0 Å². The van der Waals surface area contributed by atoms with E-state index < -0.39 is 17.4 Å². The summed E-state index contributed by atoms with van der Waals surface area (Å²) >= 11 is -3.34. The molecule has 0 spiro atoms. The molecule has 2 atom stereocenters. The monoisotopic (exact) mass is 562 g/mol. The number of halogens is 2. The first-order valence-electron chi connectivity index (χ1n) is 11.3. The van der Waals surface area contributed by atoms with E-state index in [-0.39, 0.29) is 24.8 Å². The van der Waals surface area contributed by atoms with Gasteiger partial charge in [0.25, 0.3) is 0 Å². The molecule has 2 aliphatic rings. The van der Waals surface area contributed by atoms with E-state index in [9.17, 15) is 0 Å². The van der Waals surface area contributed by atoms with E-state index >= 15 is 0 Å². The van der Waals surface area contributed by atoms with Crippen LogP contribution < -0.4 is 0 Å². The van der Waals surface area contributed by atoms with E-state index in [1.807, 2.05) is 3.28 Å². The fourth-order valence-corrected chi connectivity index (χ4v) is 24.6. The normalized spacial score (nSPS) is 20.6. The van der Waals surface area contributed by atoms with Crippen molar-refractivity contribution in [2.75, 3.05) is 0 Å². The van der Waals surface area contributed by atoms with E-state index in [2.05, 4.69) is 106 Å². The van der Waals surface area contributed by atoms with Gasteiger partial charge >= 0.3 is 187 Å². The predicted octanol–water partition coefficient (Wildman–Crippen LogP) is 8.23. The van der Waals surface area contributed by atoms with Gasteiger partial charge < -0.3 is 0 Å². The molecule has 0 amide bonds. The first-order chi connectivity index (χ1) is 13.9. The Balaban J connectivity index is 0.00000181. The van der Waals surface area contributed by atoms with Gasteiger partial charge in [-0.15, -0.1) is 24.8 Å². The number of allylic oxidation sites excluding steroid dienone is 5. The molecule has 0 N–H and O–H groups in total. The van der Waals surface area contributed by atoms with Crippen LogP contribution in [-0.4, -0.2) is 6.88 Å². The minimum atomic E-state index is -3.34. The van der Waals surface area contributed by atoms with Gasteiger partial charge in [-0.3, -0.25) is 0 Å². The van der Waals surface area contributed by atoms with Crippen LogP contribution in [0.25, 0.3) is 5.57 Å². The first-order valence-corrected chi connectivity index (χ1v) is 24.8.